The third-order valence-corrected chi connectivity index (χ3v) is 2.95. The second-order valence-corrected chi connectivity index (χ2v) is 4.76. The summed E-state index contributed by atoms with van der Waals surface area (Å²) in [5, 5.41) is 2.79. The van der Waals surface area contributed by atoms with Crippen LogP contribution in [-0.2, 0) is 6.54 Å². The Hall–Kier alpha value is -2.08. The molecule has 0 amide bonds. The largest absolute Gasteiger partial charge is 0.384 e. The molecule has 1 aromatic carbocycles. The summed E-state index contributed by atoms with van der Waals surface area (Å²) < 4.78 is 39.7. The van der Waals surface area contributed by atoms with Crippen LogP contribution >= 0.6 is 0 Å². The van der Waals surface area contributed by atoms with E-state index >= 15 is 0 Å². The van der Waals surface area contributed by atoms with Gasteiger partial charge in [0.1, 0.15) is 12.5 Å². The molecule has 0 saturated carbocycles. The standard InChI is InChI=1S/C15H16F3N3/c1-9-4-13(21-14(19)5-9)11-6-10(8-20-3-2-16)7-12(17)15(11)18/h4-7,20H,2-3,8H2,1H3,(H2,19,21). The number of rotatable bonds is 5. The minimum absolute atomic E-state index is 0.0439. The van der Waals surface area contributed by atoms with Crippen molar-refractivity contribution in [3.05, 3.63) is 47.0 Å². The summed E-state index contributed by atoms with van der Waals surface area (Å²) in [5.41, 5.74) is 7.28. The van der Waals surface area contributed by atoms with Crippen molar-refractivity contribution in [3.63, 3.8) is 0 Å². The number of benzene rings is 1. The van der Waals surface area contributed by atoms with Crippen molar-refractivity contribution in [1.82, 2.24) is 10.3 Å². The van der Waals surface area contributed by atoms with Crippen LogP contribution in [0, 0.1) is 18.6 Å². The van der Waals surface area contributed by atoms with Crippen molar-refractivity contribution in [2.75, 3.05) is 19.0 Å². The van der Waals surface area contributed by atoms with Crippen LogP contribution in [0.25, 0.3) is 11.3 Å². The molecule has 6 heteroatoms. The molecule has 1 heterocycles. The molecule has 0 aliphatic heterocycles. The van der Waals surface area contributed by atoms with Crippen LogP contribution in [0.15, 0.2) is 24.3 Å². The lowest BCUT2D eigenvalue weighted by Crippen LogP contribution is -2.16. The molecule has 0 unspecified atom stereocenters. The SMILES string of the molecule is Cc1cc(N)nc(-c2cc(CNCCF)cc(F)c2F)c1. The number of aromatic nitrogens is 1. The molecule has 0 bridgehead atoms. The predicted molar refractivity (Wildman–Crippen MR) is 76.4 cm³/mol. The average Bonchev–Trinajstić information content (AvgIpc) is 2.41. The fourth-order valence-electron chi connectivity index (χ4n) is 2.07. The highest BCUT2D eigenvalue weighted by Gasteiger charge is 2.14. The number of alkyl halides is 1. The molecule has 0 spiro atoms. The summed E-state index contributed by atoms with van der Waals surface area (Å²) in [4.78, 5) is 4.03. The summed E-state index contributed by atoms with van der Waals surface area (Å²) in [6.45, 7) is 1.67. The van der Waals surface area contributed by atoms with Gasteiger partial charge in [-0.15, -0.1) is 0 Å². The molecule has 3 N–H and O–H groups in total. The van der Waals surface area contributed by atoms with Gasteiger partial charge in [0.15, 0.2) is 11.6 Å². The molecule has 2 aromatic rings. The van der Waals surface area contributed by atoms with E-state index in [1.54, 1.807) is 19.1 Å². The third kappa shape index (κ3) is 3.72. The van der Waals surface area contributed by atoms with Crippen LogP contribution < -0.4 is 11.1 Å². The van der Waals surface area contributed by atoms with Gasteiger partial charge in [0, 0.05) is 18.7 Å². The zero-order chi connectivity index (χ0) is 15.4. The van der Waals surface area contributed by atoms with Crippen LogP contribution in [-0.4, -0.2) is 18.2 Å². The number of halogens is 3. The highest BCUT2D eigenvalue weighted by molar-refractivity contribution is 5.63. The molecular formula is C15H16F3N3. The van der Waals surface area contributed by atoms with Gasteiger partial charge in [-0.05, 0) is 42.3 Å². The molecule has 112 valence electrons. The number of nitrogens with one attached hydrogen (secondary N) is 1. The van der Waals surface area contributed by atoms with Crippen molar-refractivity contribution in [1.29, 1.82) is 0 Å². The van der Waals surface area contributed by atoms with E-state index in [9.17, 15) is 13.2 Å². The van der Waals surface area contributed by atoms with E-state index in [1.807, 2.05) is 0 Å². The zero-order valence-electron chi connectivity index (χ0n) is 11.6. The van der Waals surface area contributed by atoms with Crippen molar-refractivity contribution < 1.29 is 13.2 Å². The topological polar surface area (TPSA) is 50.9 Å². The molecule has 0 aliphatic rings. The lowest BCUT2D eigenvalue weighted by molar-refractivity contribution is 0.465. The van der Waals surface area contributed by atoms with E-state index in [0.29, 0.717) is 5.56 Å². The predicted octanol–water partition coefficient (Wildman–Crippen LogP) is 2.98. The second kappa shape index (κ2) is 6.58. The Balaban J connectivity index is 2.41. The van der Waals surface area contributed by atoms with Gasteiger partial charge in [-0.25, -0.2) is 18.2 Å². The maximum atomic E-state index is 14.0. The average molecular weight is 295 g/mol. The minimum Gasteiger partial charge on any atom is -0.384 e. The summed E-state index contributed by atoms with van der Waals surface area (Å²) in [5.74, 6) is -1.70. The first-order valence-electron chi connectivity index (χ1n) is 6.50. The van der Waals surface area contributed by atoms with Gasteiger partial charge in [0.2, 0.25) is 0 Å². The number of anilines is 1. The fourth-order valence-corrected chi connectivity index (χ4v) is 2.07. The van der Waals surface area contributed by atoms with Gasteiger partial charge in [-0.1, -0.05) is 0 Å². The second-order valence-electron chi connectivity index (χ2n) is 4.76. The Morgan fingerprint density at radius 1 is 1.19 bits per heavy atom. The fraction of sp³-hybridized carbons (Fsp3) is 0.267. The first kappa shape index (κ1) is 15.3. The van der Waals surface area contributed by atoms with Crippen molar-refractivity contribution >= 4 is 5.82 Å². The number of aryl methyl sites for hydroxylation is 1. The van der Waals surface area contributed by atoms with Gasteiger partial charge in [0.05, 0.1) is 5.69 Å². The maximum Gasteiger partial charge on any atom is 0.168 e. The Morgan fingerprint density at radius 2 is 1.95 bits per heavy atom. The monoisotopic (exact) mass is 295 g/mol. The van der Waals surface area contributed by atoms with Gasteiger partial charge >= 0.3 is 0 Å². The first-order chi connectivity index (χ1) is 10.0. The number of hydrogen-bond donors (Lipinski definition) is 2. The van der Waals surface area contributed by atoms with Crippen LogP contribution in [0.2, 0.25) is 0 Å². The Kier molecular flexibility index (Phi) is 4.80. The molecule has 21 heavy (non-hydrogen) atoms. The lowest BCUT2D eigenvalue weighted by Gasteiger charge is -2.10. The summed E-state index contributed by atoms with van der Waals surface area (Å²) in [7, 11) is 0. The smallest absolute Gasteiger partial charge is 0.168 e. The Labute approximate surface area is 121 Å². The third-order valence-electron chi connectivity index (χ3n) is 2.95. The number of hydrogen-bond acceptors (Lipinski definition) is 3. The summed E-state index contributed by atoms with van der Waals surface area (Å²) in [6.07, 6.45) is 0. The van der Waals surface area contributed by atoms with E-state index in [1.165, 1.54) is 6.07 Å². The van der Waals surface area contributed by atoms with Crippen molar-refractivity contribution in [3.8, 4) is 11.3 Å². The molecule has 0 radical (unpaired) electrons. The van der Waals surface area contributed by atoms with Crippen LogP contribution in [0.3, 0.4) is 0 Å². The van der Waals surface area contributed by atoms with Crippen LogP contribution in [0.1, 0.15) is 11.1 Å². The van der Waals surface area contributed by atoms with Crippen molar-refractivity contribution in [2.45, 2.75) is 13.5 Å². The quantitative estimate of drug-likeness (QED) is 0.834. The van der Waals surface area contributed by atoms with Gasteiger partial charge in [0.25, 0.3) is 0 Å². The molecular weight excluding hydrogens is 279 g/mol. The van der Waals surface area contributed by atoms with E-state index in [2.05, 4.69) is 10.3 Å². The number of pyridine rings is 1. The van der Waals surface area contributed by atoms with E-state index in [4.69, 9.17) is 5.73 Å². The van der Waals surface area contributed by atoms with Gasteiger partial charge in [-0.2, -0.15) is 0 Å². The molecule has 0 fully saturated rings. The van der Waals surface area contributed by atoms with Gasteiger partial charge < -0.3 is 11.1 Å². The molecule has 3 nitrogen and oxygen atoms in total. The molecule has 0 aliphatic carbocycles. The van der Waals surface area contributed by atoms with Crippen LogP contribution in [0.4, 0.5) is 19.0 Å². The molecule has 2 rings (SSSR count). The normalized spacial score (nSPS) is 10.9. The minimum atomic E-state index is -0.971. The Morgan fingerprint density at radius 3 is 2.62 bits per heavy atom. The van der Waals surface area contributed by atoms with E-state index in [-0.39, 0.29) is 30.2 Å². The highest BCUT2D eigenvalue weighted by atomic mass is 19.2. The lowest BCUT2D eigenvalue weighted by atomic mass is 10.0. The highest BCUT2D eigenvalue weighted by Crippen LogP contribution is 2.26. The molecule has 0 atom stereocenters. The summed E-state index contributed by atoms with van der Waals surface area (Å²) in [6, 6.07) is 5.85. The zero-order valence-corrected chi connectivity index (χ0v) is 11.6. The first-order valence-corrected chi connectivity index (χ1v) is 6.50. The molecule has 1 aromatic heterocycles. The number of nitrogens with two attached hydrogens (primary N) is 1. The van der Waals surface area contributed by atoms with E-state index in [0.717, 1.165) is 11.6 Å². The van der Waals surface area contributed by atoms with E-state index < -0.39 is 18.3 Å². The van der Waals surface area contributed by atoms with Crippen molar-refractivity contribution in [2.24, 2.45) is 0 Å². The Bertz CT molecular complexity index is 624. The number of nitrogen functional groups attached to an aromatic ring is 1. The molecule has 0 saturated heterocycles. The maximum absolute atomic E-state index is 14.0. The van der Waals surface area contributed by atoms with Gasteiger partial charge in [-0.3, -0.25) is 0 Å². The summed E-state index contributed by atoms with van der Waals surface area (Å²) >= 11 is 0. The number of nitrogens with zero attached hydrogens (tertiary/aromatic N) is 1. The van der Waals surface area contributed by atoms with Crippen LogP contribution in [0.5, 0.6) is 0 Å².